The van der Waals surface area contributed by atoms with E-state index >= 15 is 0 Å². The average molecular weight is 288 g/mol. The van der Waals surface area contributed by atoms with E-state index in [2.05, 4.69) is 22.2 Å². The highest BCUT2D eigenvalue weighted by molar-refractivity contribution is 6.32. The van der Waals surface area contributed by atoms with E-state index in [1.807, 2.05) is 6.07 Å². The van der Waals surface area contributed by atoms with Crippen LogP contribution >= 0.6 is 23.2 Å². The van der Waals surface area contributed by atoms with Gasteiger partial charge in [0, 0.05) is 13.1 Å². The van der Waals surface area contributed by atoms with Crippen LogP contribution < -0.4 is 5.32 Å². The molecule has 0 radical (unpaired) electrons. The zero-order valence-electron chi connectivity index (χ0n) is 10.6. The molecule has 1 N–H and O–H groups in total. The summed E-state index contributed by atoms with van der Waals surface area (Å²) in [4.78, 5) is 6.56. The largest absolute Gasteiger partial charge is 0.317 e. The van der Waals surface area contributed by atoms with E-state index in [1.54, 1.807) is 6.07 Å². The van der Waals surface area contributed by atoms with E-state index in [9.17, 15) is 0 Å². The second kappa shape index (κ2) is 6.71. The Hall–Kier alpha value is -0.350. The number of nitrogens with one attached hydrogen (secondary N) is 1. The smallest absolute Gasteiger partial charge is 0.129 e. The molecule has 2 rings (SSSR count). The summed E-state index contributed by atoms with van der Waals surface area (Å²) in [5.41, 5.74) is 0.862. The van der Waals surface area contributed by atoms with Crippen LogP contribution in [0.4, 0.5) is 0 Å². The number of rotatable bonds is 4. The van der Waals surface area contributed by atoms with Crippen LogP contribution in [-0.2, 0) is 6.54 Å². The molecule has 2 heterocycles. The number of halogens is 2. The molecule has 1 aromatic rings. The molecule has 0 atom stereocenters. The molecular weight excluding hydrogens is 269 g/mol. The van der Waals surface area contributed by atoms with Gasteiger partial charge in [0.15, 0.2) is 0 Å². The van der Waals surface area contributed by atoms with E-state index in [1.165, 1.54) is 12.8 Å². The van der Waals surface area contributed by atoms with Crippen LogP contribution in [0.1, 0.15) is 18.5 Å². The first-order chi connectivity index (χ1) is 8.65. The Labute approximate surface area is 118 Å². The summed E-state index contributed by atoms with van der Waals surface area (Å²) in [6.07, 6.45) is 2.50. The standard InChI is InChI=1S/C13H19Cl2N3/c1-18(8-10-4-6-16-7-5-10)9-12-11(14)2-3-13(15)17-12/h2-3,10,16H,4-9H2,1H3. The quantitative estimate of drug-likeness (QED) is 0.864. The van der Waals surface area contributed by atoms with Gasteiger partial charge in [0.05, 0.1) is 10.7 Å². The zero-order valence-corrected chi connectivity index (χ0v) is 12.1. The first kappa shape index (κ1) is 14.1. The molecule has 0 aromatic carbocycles. The van der Waals surface area contributed by atoms with Crippen molar-refractivity contribution in [2.45, 2.75) is 19.4 Å². The number of pyridine rings is 1. The van der Waals surface area contributed by atoms with Crippen molar-refractivity contribution in [3.8, 4) is 0 Å². The average Bonchev–Trinajstić information content (AvgIpc) is 2.35. The first-order valence-corrected chi connectivity index (χ1v) is 7.11. The first-order valence-electron chi connectivity index (χ1n) is 6.35. The van der Waals surface area contributed by atoms with Crippen molar-refractivity contribution in [3.05, 3.63) is 28.0 Å². The van der Waals surface area contributed by atoms with Crippen molar-refractivity contribution in [1.82, 2.24) is 15.2 Å². The van der Waals surface area contributed by atoms with Crippen molar-refractivity contribution in [1.29, 1.82) is 0 Å². The Bertz CT molecular complexity index is 392. The molecule has 1 aliphatic rings. The fourth-order valence-corrected chi connectivity index (χ4v) is 2.72. The van der Waals surface area contributed by atoms with Gasteiger partial charge in [-0.05, 0) is 51.0 Å². The molecule has 1 aliphatic heterocycles. The molecule has 18 heavy (non-hydrogen) atoms. The summed E-state index contributed by atoms with van der Waals surface area (Å²) in [6.45, 7) is 4.11. The summed E-state index contributed by atoms with van der Waals surface area (Å²) in [5.74, 6) is 0.772. The van der Waals surface area contributed by atoms with Gasteiger partial charge in [-0.25, -0.2) is 4.98 Å². The van der Waals surface area contributed by atoms with Crippen molar-refractivity contribution in [2.24, 2.45) is 5.92 Å². The monoisotopic (exact) mass is 287 g/mol. The van der Waals surface area contributed by atoms with Gasteiger partial charge >= 0.3 is 0 Å². The second-order valence-corrected chi connectivity index (χ2v) is 5.75. The number of hydrogen-bond acceptors (Lipinski definition) is 3. The molecule has 0 aliphatic carbocycles. The van der Waals surface area contributed by atoms with Gasteiger partial charge in [-0.1, -0.05) is 23.2 Å². The minimum Gasteiger partial charge on any atom is -0.317 e. The number of piperidine rings is 1. The number of hydrogen-bond donors (Lipinski definition) is 1. The van der Waals surface area contributed by atoms with Crippen LogP contribution in [0.25, 0.3) is 0 Å². The van der Waals surface area contributed by atoms with Gasteiger partial charge in [0.25, 0.3) is 0 Å². The van der Waals surface area contributed by atoms with Crippen molar-refractivity contribution < 1.29 is 0 Å². The van der Waals surface area contributed by atoms with Crippen molar-refractivity contribution in [2.75, 3.05) is 26.7 Å². The Kier molecular flexibility index (Phi) is 5.25. The van der Waals surface area contributed by atoms with E-state index in [0.29, 0.717) is 10.2 Å². The Balaban J connectivity index is 1.89. The van der Waals surface area contributed by atoms with Gasteiger partial charge in [0.2, 0.25) is 0 Å². The van der Waals surface area contributed by atoms with Crippen LogP contribution in [0, 0.1) is 5.92 Å². The molecule has 5 heteroatoms. The molecule has 1 aromatic heterocycles. The van der Waals surface area contributed by atoms with Gasteiger partial charge < -0.3 is 10.2 Å². The Morgan fingerprint density at radius 3 is 2.78 bits per heavy atom. The maximum Gasteiger partial charge on any atom is 0.129 e. The molecule has 100 valence electrons. The fraction of sp³-hybridized carbons (Fsp3) is 0.615. The molecule has 0 saturated carbocycles. The minimum absolute atomic E-state index is 0.504. The lowest BCUT2D eigenvalue weighted by Crippen LogP contribution is -2.34. The van der Waals surface area contributed by atoms with Crippen LogP contribution in [0.15, 0.2) is 12.1 Å². The SMILES string of the molecule is CN(Cc1nc(Cl)ccc1Cl)CC1CCNCC1. The third-order valence-electron chi connectivity index (χ3n) is 3.33. The predicted octanol–water partition coefficient (Wildman–Crippen LogP) is 2.82. The van der Waals surface area contributed by atoms with E-state index in [-0.39, 0.29) is 0 Å². The summed E-state index contributed by atoms with van der Waals surface area (Å²) in [7, 11) is 2.11. The van der Waals surface area contributed by atoms with Gasteiger partial charge in [-0.2, -0.15) is 0 Å². The highest BCUT2D eigenvalue weighted by atomic mass is 35.5. The Morgan fingerprint density at radius 1 is 1.33 bits per heavy atom. The maximum atomic E-state index is 6.13. The van der Waals surface area contributed by atoms with Crippen molar-refractivity contribution >= 4 is 23.2 Å². The molecule has 0 spiro atoms. The van der Waals surface area contributed by atoms with Gasteiger partial charge in [-0.15, -0.1) is 0 Å². The third kappa shape index (κ3) is 4.09. The van der Waals surface area contributed by atoms with Crippen LogP contribution in [-0.4, -0.2) is 36.6 Å². The van der Waals surface area contributed by atoms with E-state index < -0.39 is 0 Å². The molecular formula is C13H19Cl2N3. The van der Waals surface area contributed by atoms with Crippen LogP contribution in [0.2, 0.25) is 10.2 Å². The minimum atomic E-state index is 0.504. The van der Waals surface area contributed by atoms with Gasteiger partial charge in [-0.3, -0.25) is 0 Å². The zero-order chi connectivity index (χ0) is 13.0. The van der Waals surface area contributed by atoms with Crippen LogP contribution in [0.3, 0.4) is 0 Å². The highest BCUT2D eigenvalue weighted by Gasteiger charge is 2.16. The molecule has 1 fully saturated rings. The summed E-state index contributed by atoms with van der Waals surface area (Å²) < 4.78 is 0. The van der Waals surface area contributed by atoms with E-state index in [0.717, 1.165) is 37.8 Å². The van der Waals surface area contributed by atoms with E-state index in [4.69, 9.17) is 23.2 Å². The second-order valence-electron chi connectivity index (χ2n) is 4.95. The molecule has 0 bridgehead atoms. The number of aromatic nitrogens is 1. The lowest BCUT2D eigenvalue weighted by molar-refractivity contribution is 0.233. The molecule has 0 amide bonds. The fourth-order valence-electron chi connectivity index (χ4n) is 2.39. The number of nitrogens with zero attached hydrogens (tertiary/aromatic N) is 2. The summed E-state index contributed by atoms with van der Waals surface area (Å²) in [6, 6.07) is 3.53. The predicted molar refractivity (Wildman–Crippen MR) is 76.2 cm³/mol. The Morgan fingerprint density at radius 2 is 2.06 bits per heavy atom. The normalized spacial score (nSPS) is 17.3. The highest BCUT2D eigenvalue weighted by Crippen LogP contribution is 2.19. The third-order valence-corrected chi connectivity index (χ3v) is 3.89. The lowest BCUT2D eigenvalue weighted by atomic mass is 9.98. The summed E-state index contributed by atoms with van der Waals surface area (Å²) >= 11 is 12.0. The summed E-state index contributed by atoms with van der Waals surface area (Å²) in [5, 5.41) is 4.58. The molecule has 1 saturated heterocycles. The molecule has 3 nitrogen and oxygen atoms in total. The topological polar surface area (TPSA) is 28.2 Å². The molecule has 0 unspecified atom stereocenters. The maximum absolute atomic E-state index is 6.13. The van der Waals surface area contributed by atoms with Gasteiger partial charge in [0.1, 0.15) is 5.15 Å². The van der Waals surface area contributed by atoms with Crippen molar-refractivity contribution in [3.63, 3.8) is 0 Å². The van der Waals surface area contributed by atoms with Crippen LogP contribution in [0.5, 0.6) is 0 Å². The lowest BCUT2D eigenvalue weighted by Gasteiger charge is -2.27.